The topological polar surface area (TPSA) is 64.1 Å². The highest BCUT2D eigenvalue weighted by atomic mass is 79.9. The largest absolute Gasteiger partial charge is 0.493 e. The van der Waals surface area contributed by atoms with E-state index in [1.54, 1.807) is 18.1 Å². The standard InChI is InChI=1S/C17H16BrClN4O2S/c1-24-15-6-12(8-21-23-10-20-22-17(23)26)14(18)7-16(15)25-9-11-2-4-13(19)5-3-11/h2-7,10,21H,8-9H2,1H3,(H,22,26). The SMILES string of the molecule is COc1cc(CNn2cn[nH]c2=S)c(Br)cc1OCc1ccc(Cl)cc1. The number of halogens is 2. The van der Waals surface area contributed by atoms with Gasteiger partial charge in [0.2, 0.25) is 4.77 Å². The molecule has 0 bridgehead atoms. The molecule has 0 radical (unpaired) electrons. The van der Waals surface area contributed by atoms with Crippen LogP contribution in [0.1, 0.15) is 11.1 Å². The van der Waals surface area contributed by atoms with Gasteiger partial charge in [-0.2, -0.15) is 5.10 Å². The maximum atomic E-state index is 5.90. The highest BCUT2D eigenvalue weighted by Gasteiger charge is 2.11. The third kappa shape index (κ3) is 4.57. The number of nitrogens with one attached hydrogen (secondary N) is 2. The number of ether oxygens (including phenoxy) is 2. The lowest BCUT2D eigenvalue weighted by atomic mass is 10.2. The Morgan fingerprint density at radius 3 is 2.69 bits per heavy atom. The second-order valence-electron chi connectivity index (χ2n) is 5.38. The Hall–Kier alpha value is -2.03. The van der Waals surface area contributed by atoms with Crippen molar-refractivity contribution in [1.29, 1.82) is 0 Å². The Bertz CT molecular complexity index is 943. The van der Waals surface area contributed by atoms with Gasteiger partial charge in [0.25, 0.3) is 0 Å². The molecule has 9 heteroatoms. The third-order valence-corrected chi connectivity index (χ3v) is 4.91. The molecule has 0 aliphatic heterocycles. The van der Waals surface area contributed by atoms with Crippen molar-refractivity contribution < 1.29 is 9.47 Å². The van der Waals surface area contributed by atoms with E-state index in [0.29, 0.717) is 34.4 Å². The fourth-order valence-electron chi connectivity index (χ4n) is 2.26. The fraction of sp³-hybridized carbons (Fsp3) is 0.176. The zero-order valence-corrected chi connectivity index (χ0v) is 17.0. The summed E-state index contributed by atoms with van der Waals surface area (Å²) in [5.74, 6) is 1.30. The molecule has 3 aromatic rings. The van der Waals surface area contributed by atoms with Crippen LogP contribution >= 0.6 is 39.7 Å². The van der Waals surface area contributed by atoms with E-state index in [-0.39, 0.29) is 0 Å². The third-order valence-electron chi connectivity index (χ3n) is 3.63. The first-order valence-electron chi connectivity index (χ1n) is 7.66. The van der Waals surface area contributed by atoms with E-state index >= 15 is 0 Å². The summed E-state index contributed by atoms with van der Waals surface area (Å²) >= 11 is 14.6. The summed E-state index contributed by atoms with van der Waals surface area (Å²) in [5, 5.41) is 7.25. The van der Waals surface area contributed by atoms with Gasteiger partial charge in [-0.25, -0.2) is 4.68 Å². The van der Waals surface area contributed by atoms with Gasteiger partial charge in [-0.15, -0.1) is 0 Å². The first-order valence-corrected chi connectivity index (χ1v) is 9.24. The average molecular weight is 456 g/mol. The summed E-state index contributed by atoms with van der Waals surface area (Å²) in [6.07, 6.45) is 1.58. The summed E-state index contributed by atoms with van der Waals surface area (Å²) < 4.78 is 14.4. The number of benzene rings is 2. The molecule has 0 amide bonds. The summed E-state index contributed by atoms with van der Waals surface area (Å²) in [6, 6.07) is 11.3. The number of methoxy groups -OCH3 is 1. The number of nitrogens with zero attached hydrogens (tertiary/aromatic N) is 2. The fourth-order valence-corrected chi connectivity index (χ4v) is 3.01. The van der Waals surface area contributed by atoms with E-state index in [4.69, 9.17) is 33.3 Å². The molecule has 2 N–H and O–H groups in total. The van der Waals surface area contributed by atoms with Gasteiger partial charge in [0, 0.05) is 9.50 Å². The van der Waals surface area contributed by atoms with Crippen LogP contribution in [0.3, 0.4) is 0 Å². The van der Waals surface area contributed by atoms with Crippen LogP contribution in [0.2, 0.25) is 5.02 Å². The van der Waals surface area contributed by atoms with Crippen molar-refractivity contribution in [1.82, 2.24) is 14.9 Å². The van der Waals surface area contributed by atoms with Crippen molar-refractivity contribution in [3.8, 4) is 11.5 Å². The summed E-state index contributed by atoms with van der Waals surface area (Å²) in [7, 11) is 1.61. The number of H-pyrrole nitrogens is 1. The minimum atomic E-state index is 0.418. The van der Waals surface area contributed by atoms with Gasteiger partial charge in [0.15, 0.2) is 11.5 Å². The van der Waals surface area contributed by atoms with E-state index in [1.165, 1.54) is 0 Å². The van der Waals surface area contributed by atoms with Crippen molar-refractivity contribution in [2.24, 2.45) is 0 Å². The van der Waals surface area contributed by atoms with Crippen LogP contribution in [0.25, 0.3) is 0 Å². The quantitative estimate of drug-likeness (QED) is 0.506. The van der Waals surface area contributed by atoms with Gasteiger partial charge >= 0.3 is 0 Å². The molecule has 0 unspecified atom stereocenters. The van der Waals surface area contributed by atoms with Crippen LogP contribution in [-0.4, -0.2) is 22.0 Å². The van der Waals surface area contributed by atoms with Crippen LogP contribution in [0, 0.1) is 4.77 Å². The van der Waals surface area contributed by atoms with E-state index in [0.717, 1.165) is 15.6 Å². The highest BCUT2D eigenvalue weighted by Crippen LogP contribution is 2.34. The van der Waals surface area contributed by atoms with Gasteiger partial charge < -0.3 is 14.9 Å². The normalized spacial score (nSPS) is 10.6. The van der Waals surface area contributed by atoms with E-state index in [9.17, 15) is 0 Å². The van der Waals surface area contributed by atoms with Crippen molar-refractivity contribution >= 4 is 39.7 Å². The molecule has 3 rings (SSSR count). The summed E-state index contributed by atoms with van der Waals surface area (Å²) in [4.78, 5) is 0. The maximum Gasteiger partial charge on any atom is 0.214 e. The molecule has 6 nitrogen and oxygen atoms in total. The number of aromatic amines is 1. The Balaban J connectivity index is 1.72. The molecule has 26 heavy (non-hydrogen) atoms. The lowest BCUT2D eigenvalue weighted by Gasteiger charge is -2.15. The van der Waals surface area contributed by atoms with Crippen molar-refractivity contribution in [3.63, 3.8) is 0 Å². The maximum absolute atomic E-state index is 5.90. The zero-order valence-electron chi connectivity index (χ0n) is 13.8. The first-order chi connectivity index (χ1) is 12.6. The van der Waals surface area contributed by atoms with Crippen LogP contribution in [-0.2, 0) is 13.2 Å². The molecule has 0 spiro atoms. The Morgan fingerprint density at radius 2 is 2.04 bits per heavy atom. The second kappa shape index (κ2) is 8.57. The summed E-state index contributed by atoms with van der Waals surface area (Å²) in [6.45, 7) is 0.948. The molecule has 136 valence electrons. The zero-order chi connectivity index (χ0) is 18.5. The predicted molar refractivity (Wildman–Crippen MR) is 107 cm³/mol. The van der Waals surface area contributed by atoms with Crippen LogP contribution < -0.4 is 14.9 Å². The molecular formula is C17H16BrClN4O2S. The van der Waals surface area contributed by atoms with Gasteiger partial charge in [-0.3, -0.25) is 5.10 Å². The van der Waals surface area contributed by atoms with Crippen molar-refractivity contribution in [2.75, 3.05) is 12.5 Å². The first kappa shape index (κ1) is 18.8. The van der Waals surface area contributed by atoms with Crippen molar-refractivity contribution in [3.05, 3.63) is 68.1 Å². The van der Waals surface area contributed by atoms with Crippen LogP contribution in [0.5, 0.6) is 11.5 Å². The van der Waals surface area contributed by atoms with Gasteiger partial charge in [-0.1, -0.05) is 39.7 Å². The van der Waals surface area contributed by atoms with Gasteiger partial charge in [0.1, 0.15) is 12.9 Å². The smallest absolute Gasteiger partial charge is 0.214 e. The molecule has 0 fully saturated rings. The molecule has 0 saturated heterocycles. The molecule has 1 heterocycles. The van der Waals surface area contributed by atoms with Crippen LogP contribution in [0.4, 0.5) is 0 Å². The summed E-state index contributed by atoms with van der Waals surface area (Å²) in [5.41, 5.74) is 5.17. The molecular weight excluding hydrogens is 440 g/mol. The van der Waals surface area contributed by atoms with Crippen molar-refractivity contribution in [2.45, 2.75) is 13.2 Å². The van der Waals surface area contributed by atoms with Gasteiger partial charge in [0.05, 0.1) is 13.7 Å². The van der Waals surface area contributed by atoms with E-state index in [1.807, 2.05) is 36.4 Å². The molecule has 0 saturated carbocycles. The molecule has 0 aliphatic carbocycles. The number of hydrogen-bond donors (Lipinski definition) is 2. The molecule has 2 aromatic carbocycles. The second-order valence-corrected chi connectivity index (χ2v) is 7.05. The van der Waals surface area contributed by atoms with Crippen LogP contribution in [0.15, 0.2) is 47.2 Å². The lowest BCUT2D eigenvalue weighted by molar-refractivity contribution is 0.284. The molecule has 0 aliphatic rings. The Morgan fingerprint density at radius 1 is 1.27 bits per heavy atom. The van der Waals surface area contributed by atoms with E-state index in [2.05, 4.69) is 31.6 Å². The monoisotopic (exact) mass is 454 g/mol. The number of rotatable bonds is 7. The lowest BCUT2D eigenvalue weighted by Crippen LogP contribution is -2.14. The van der Waals surface area contributed by atoms with Gasteiger partial charge in [-0.05, 0) is 47.6 Å². The Labute approximate surface area is 169 Å². The highest BCUT2D eigenvalue weighted by molar-refractivity contribution is 9.10. The predicted octanol–water partition coefficient (Wildman–Crippen LogP) is 4.69. The molecule has 0 atom stereocenters. The van der Waals surface area contributed by atoms with E-state index < -0.39 is 0 Å². The number of hydrogen-bond acceptors (Lipinski definition) is 5. The minimum absolute atomic E-state index is 0.418. The minimum Gasteiger partial charge on any atom is -0.493 e. The Kier molecular flexibility index (Phi) is 6.18. The average Bonchev–Trinajstić information content (AvgIpc) is 3.05. The molecule has 1 aromatic heterocycles. The number of aromatic nitrogens is 3.